The number of hydrogen-bond acceptors (Lipinski definition) is 6. The van der Waals surface area contributed by atoms with Crippen molar-refractivity contribution in [1.82, 2.24) is 5.32 Å². The van der Waals surface area contributed by atoms with Crippen LogP contribution in [0.3, 0.4) is 0 Å². The number of likely N-dealkylation sites (N-methyl/N-ethyl adjacent to an activating group) is 1. The van der Waals surface area contributed by atoms with Crippen molar-refractivity contribution >= 4 is 38.6 Å². The lowest BCUT2D eigenvalue weighted by molar-refractivity contribution is -0.0775. The van der Waals surface area contributed by atoms with Gasteiger partial charge in [-0.3, -0.25) is 0 Å². The standard InChI is InChI=1S/C33H40N4O2/c1-17(34-5)18(2)35-26-15-13-24(21-9-6-7-10-22(21)26)30-32(38)31(33(30)39)25-14-16-28-29-23(25)11-8-12-27(29)36-19(3)20(4)37-28/h6-20,30-39H,1-5H3. The van der Waals surface area contributed by atoms with Crippen LogP contribution in [0, 0.1) is 0 Å². The average molecular weight is 525 g/mol. The van der Waals surface area contributed by atoms with Gasteiger partial charge in [0.2, 0.25) is 0 Å². The van der Waals surface area contributed by atoms with Crippen LogP contribution < -0.4 is 21.3 Å². The second kappa shape index (κ2) is 10.0. The summed E-state index contributed by atoms with van der Waals surface area (Å²) in [6, 6.07) is 24.0. The van der Waals surface area contributed by atoms with Crippen molar-refractivity contribution in [2.45, 2.75) is 75.9 Å². The zero-order valence-corrected chi connectivity index (χ0v) is 23.4. The summed E-state index contributed by atoms with van der Waals surface area (Å²) in [5, 5.41) is 41.9. The second-order valence-electron chi connectivity index (χ2n) is 11.6. The van der Waals surface area contributed by atoms with E-state index in [1.807, 2.05) is 19.2 Å². The Morgan fingerprint density at radius 2 is 1.23 bits per heavy atom. The van der Waals surface area contributed by atoms with E-state index in [4.69, 9.17) is 0 Å². The Kier molecular flexibility index (Phi) is 6.66. The lowest BCUT2D eigenvalue weighted by atomic mass is 9.62. The highest BCUT2D eigenvalue weighted by atomic mass is 16.3. The Labute approximate surface area is 230 Å². The van der Waals surface area contributed by atoms with Gasteiger partial charge >= 0.3 is 0 Å². The van der Waals surface area contributed by atoms with E-state index in [-0.39, 0.29) is 30.0 Å². The van der Waals surface area contributed by atoms with Crippen LogP contribution in [-0.4, -0.2) is 53.6 Å². The van der Waals surface area contributed by atoms with Crippen molar-refractivity contribution in [3.05, 3.63) is 77.9 Å². The molecule has 1 saturated carbocycles. The van der Waals surface area contributed by atoms with Gasteiger partial charge < -0.3 is 31.5 Å². The molecule has 0 spiro atoms. The molecule has 6 nitrogen and oxygen atoms in total. The molecule has 0 bridgehead atoms. The Morgan fingerprint density at radius 3 is 1.90 bits per heavy atom. The number of benzene rings is 4. The number of aliphatic hydroxyl groups is 2. The number of aliphatic hydroxyl groups excluding tert-OH is 2. The molecule has 6 rings (SSSR count). The van der Waals surface area contributed by atoms with E-state index >= 15 is 0 Å². The molecule has 0 radical (unpaired) electrons. The molecule has 39 heavy (non-hydrogen) atoms. The van der Waals surface area contributed by atoms with E-state index in [1.54, 1.807) is 0 Å². The molecular formula is C33H40N4O2. The minimum absolute atomic E-state index is 0.237. The topological polar surface area (TPSA) is 88.6 Å². The van der Waals surface area contributed by atoms with Crippen molar-refractivity contribution in [2.75, 3.05) is 23.0 Å². The molecule has 0 aromatic heterocycles. The lowest BCUT2D eigenvalue weighted by Gasteiger charge is -2.48. The van der Waals surface area contributed by atoms with Gasteiger partial charge in [0, 0.05) is 63.8 Å². The van der Waals surface area contributed by atoms with Crippen molar-refractivity contribution in [3.8, 4) is 0 Å². The van der Waals surface area contributed by atoms with Gasteiger partial charge in [0.05, 0.1) is 12.2 Å². The molecule has 4 aromatic carbocycles. The number of nitrogens with one attached hydrogen (secondary N) is 4. The predicted molar refractivity (Wildman–Crippen MR) is 163 cm³/mol. The molecule has 1 fully saturated rings. The van der Waals surface area contributed by atoms with Crippen molar-refractivity contribution in [2.24, 2.45) is 0 Å². The fourth-order valence-corrected chi connectivity index (χ4v) is 6.50. The first-order chi connectivity index (χ1) is 18.8. The van der Waals surface area contributed by atoms with Gasteiger partial charge in [-0.05, 0) is 74.8 Å². The largest absolute Gasteiger partial charge is 0.392 e. The Hall–Kier alpha value is -3.32. The van der Waals surface area contributed by atoms with Gasteiger partial charge in [-0.1, -0.05) is 48.5 Å². The van der Waals surface area contributed by atoms with Crippen molar-refractivity contribution in [3.63, 3.8) is 0 Å². The summed E-state index contributed by atoms with van der Waals surface area (Å²) in [5.41, 5.74) is 5.23. The molecule has 1 heterocycles. The molecule has 1 aliphatic carbocycles. The third-order valence-corrected chi connectivity index (χ3v) is 9.33. The van der Waals surface area contributed by atoms with Crippen molar-refractivity contribution < 1.29 is 10.2 Å². The van der Waals surface area contributed by atoms with E-state index in [1.165, 1.54) is 0 Å². The zero-order valence-electron chi connectivity index (χ0n) is 23.4. The number of anilines is 3. The fourth-order valence-electron chi connectivity index (χ4n) is 6.50. The molecule has 6 heteroatoms. The molecule has 0 saturated heterocycles. The Morgan fingerprint density at radius 1 is 0.667 bits per heavy atom. The SMILES string of the molecule is CNC(C)C(C)Nc1ccc(C2C(O)C(c3ccc4c5c(cccc35)NC(C)C(C)N4)C2O)c2ccccc12. The van der Waals surface area contributed by atoms with Gasteiger partial charge in [0.15, 0.2) is 0 Å². The van der Waals surface area contributed by atoms with Crippen LogP contribution in [0.1, 0.15) is 50.7 Å². The van der Waals surface area contributed by atoms with Crippen LogP contribution in [0.15, 0.2) is 66.7 Å². The summed E-state index contributed by atoms with van der Waals surface area (Å²) < 4.78 is 0. The number of fused-ring (bicyclic) bond motifs is 1. The maximum atomic E-state index is 11.6. The smallest absolute Gasteiger partial charge is 0.0727 e. The summed E-state index contributed by atoms with van der Waals surface area (Å²) >= 11 is 0. The van der Waals surface area contributed by atoms with Gasteiger partial charge in [0.25, 0.3) is 0 Å². The molecule has 0 amide bonds. The van der Waals surface area contributed by atoms with E-state index in [0.29, 0.717) is 6.04 Å². The van der Waals surface area contributed by atoms with E-state index < -0.39 is 12.2 Å². The highest BCUT2D eigenvalue weighted by molar-refractivity contribution is 6.06. The monoisotopic (exact) mass is 524 g/mol. The molecule has 2 aliphatic rings. The lowest BCUT2D eigenvalue weighted by Crippen LogP contribution is -2.51. The molecule has 6 unspecified atom stereocenters. The third kappa shape index (κ3) is 4.22. The minimum atomic E-state index is -0.688. The predicted octanol–water partition coefficient (Wildman–Crippen LogP) is 5.62. The molecule has 6 N–H and O–H groups in total. The molecule has 4 aromatic rings. The summed E-state index contributed by atoms with van der Waals surface area (Å²) in [6.45, 7) is 8.69. The van der Waals surface area contributed by atoms with Crippen LogP contribution in [0.4, 0.5) is 17.1 Å². The maximum absolute atomic E-state index is 11.6. The van der Waals surface area contributed by atoms with Crippen LogP contribution in [0.5, 0.6) is 0 Å². The van der Waals surface area contributed by atoms with E-state index in [0.717, 1.165) is 49.7 Å². The van der Waals surface area contributed by atoms with Crippen LogP contribution in [-0.2, 0) is 0 Å². The van der Waals surface area contributed by atoms with Gasteiger partial charge in [-0.2, -0.15) is 0 Å². The van der Waals surface area contributed by atoms with Gasteiger partial charge in [-0.25, -0.2) is 0 Å². The summed E-state index contributed by atoms with van der Waals surface area (Å²) in [7, 11) is 1.97. The fraction of sp³-hybridized carbons (Fsp3) is 0.394. The zero-order chi connectivity index (χ0) is 27.4. The number of rotatable bonds is 6. The maximum Gasteiger partial charge on any atom is 0.0727 e. The van der Waals surface area contributed by atoms with E-state index in [9.17, 15) is 10.2 Å². The first-order valence-electron chi connectivity index (χ1n) is 14.2. The molecule has 204 valence electrons. The van der Waals surface area contributed by atoms with Gasteiger partial charge in [-0.15, -0.1) is 0 Å². The van der Waals surface area contributed by atoms with E-state index in [2.05, 4.69) is 104 Å². The highest BCUT2D eigenvalue weighted by Crippen LogP contribution is 2.52. The van der Waals surface area contributed by atoms with Crippen LogP contribution in [0.25, 0.3) is 21.5 Å². The second-order valence-corrected chi connectivity index (χ2v) is 11.6. The Bertz CT molecular complexity index is 1490. The summed E-state index contributed by atoms with van der Waals surface area (Å²) in [4.78, 5) is 0. The quantitative estimate of drug-likeness (QED) is 0.196. The summed E-state index contributed by atoms with van der Waals surface area (Å²) in [6.07, 6.45) is -1.38. The van der Waals surface area contributed by atoms with Crippen LogP contribution >= 0.6 is 0 Å². The first kappa shape index (κ1) is 25.9. The Balaban J connectivity index is 1.36. The third-order valence-electron chi connectivity index (χ3n) is 9.33. The molecule has 6 atom stereocenters. The minimum Gasteiger partial charge on any atom is -0.392 e. The molecular weight excluding hydrogens is 484 g/mol. The molecule has 1 aliphatic heterocycles. The highest BCUT2D eigenvalue weighted by Gasteiger charge is 2.51. The number of hydrogen-bond donors (Lipinski definition) is 6. The summed E-state index contributed by atoms with van der Waals surface area (Å²) in [5.74, 6) is -0.710. The van der Waals surface area contributed by atoms with Gasteiger partial charge in [0.1, 0.15) is 0 Å². The normalized spacial score (nSPS) is 27.7. The van der Waals surface area contributed by atoms with Crippen molar-refractivity contribution in [1.29, 1.82) is 0 Å². The average Bonchev–Trinajstić information content (AvgIpc) is 3.07. The first-order valence-corrected chi connectivity index (χ1v) is 14.2. The van der Waals surface area contributed by atoms with Crippen LogP contribution in [0.2, 0.25) is 0 Å².